The van der Waals surface area contributed by atoms with E-state index in [0.717, 1.165) is 12.8 Å². The Labute approximate surface area is 91.5 Å². The Hall–Kier alpha value is -1.11. The molecule has 1 heteroatoms. The maximum Gasteiger partial charge on any atom is 0.136 e. The summed E-state index contributed by atoms with van der Waals surface area (Å²) in [5, 5.41) is 0. The van der Waals surface area contributed by atoms with E-state index < -0.39 is 0 Å². The molecular weight excluding hydrogens is 184 g/mol. The van der Waals surface area contributed by atoms with E-state index in [0.29, 0.717) is 5.78 Å². The van der Waals surface area contributed by atoms with E-state index in [2.05, 4.69) is 45.0 Å². The second-order valence-corrected chi connectivity index (χ2v) is 4.97. The van der Waals surface area contributed by atoms with Crippen molar-refractivity contribution in [1.82, 2.24) is 0 Å². The van der Waals surface area contributed by atoms with E-state index in [1.54, 1.807) is 0 Å². The van der Waals surface area contributed by atoms with Crippen LogP contribution in [0.25, 0.3) is 0 Å². The van der Waals surface area contributed by atoms with Gasteiger partial charge in [-0.1, -0.05) is 43.7 Å². The predicted molar refractivity (Wildman–Crippen MR) is 61.9 cm³/mol. The first-order chi connectivity index (χ1) is 7.04. The van der Waals surface area contributed by atoms with E-state index in [9.17, 15) is 4.79 Å². The van der Waals surface area contributed by atoms with Crippen LogP contribution in [0.4, 0.5) is 0 Å². The van der Waals surface area contributed by atoms with Crippen LogP contribution >= 0.6 is 0 Å². The third kappa shape index (κ3) is 1.60. The Morgan fingerprint density at radius 2 is 1.87 bits per heavy atom. The number of benzene rings is 1. The Kier molecular flexibility index (Phi) is 2.41. The van der Waals surface area contributed by atoms with Gasteiger partial charge in [-0.2, -0.15) is 0 Å². The van der Waals surface area contributed by atoms with Crippen molar-refractivity contribution in [2.75, 3.05) is 0 Å². The highest BCUT2D eigenvalue weighted by Crippen LogP contribution is 2.43. The summed E-state index contributed by atoms with van der Waals surface area (Å²) in [6.45, 7) is 6.37. The van der Waals surface area contributed by atoms with Crippen molar-refractivity contribution in [3.63, 3.8) is 0 Å². The summed E-state index contributed by atoms with van der Waals surface area (Å²) in [6.07, 6.45) is 1.74. The summed E-state index contributed by atoms with van der Waals surface area (Å²) < 4.78 is 0. The highest BCUT2D eigenvalue weighted by molar-refractivity contribution is 5.85. The van der Waals surface area contributed by atoms with Crippen LogP contribution in [0.3, 0.4) is 0 Å². The van der Waals surface area contributed by atoms with Gasteiger partial charge >= 0.3 is 0 Å². The summed E-state index contributed by atoms with van der Waals surface area (Å²) in [5.41, 5.74) is 2.65. The summed E-state index contributed by atoms with van der Waals surface area (Å²) in [4.78, 5) is 11.6. The van der Waals surface area contributed by atoms with E-state index in [1.165, 1.54) is 11.1 Å². The molecule has 1 nitrogen and oxygen atoms in total. The Morgan fingerprint density at radius 1 is 1.27 bits per heavy atom. The van der Waals surface area contributed by atoms with E-state index in [4.69, 9.17) is 0 Å². The second-order valence-electron chi connectivity index (χ2n) is 4.97. The van der Waals surface area contributed by atoms with Crippen LogP contribution in [0.1, 0.15) is 37.8 Å². The quantitative estimate of drug-likeness (QED) is 0.683. The van der Waals surface area contributed by atoms with Crippen molar-refractivity contribution < 1.29 is 4.79 Å². The minimum Gasteiger partial charge on any atom is -0.299 e. The smallest absolute Gasteiger partial charge is 0.136 e. The highest BCUT2D eigenvalue weighted by atomic mass is 16.1. The van der Waals surface area contributed by atoms with Crippen LogP contribution in [0.5, 0.6) is 0 Å². The molecule has 0 heterocycles. The number of aryl methyl sites for hydroxylation is 1. The van der Waals surface area contributed by atoms with Crippen molar-refractivity contribution in [2.24, 2.45) is 5.92 Å². The van der Waals surface area contributed by atoms with Crippen LogP contribution in [0.2, 0.25) is 0 Å². The normalized spacial score (nSPS) is 30.9. The van der Waals surface area contributed by atoms with Gasteiger partial charge in [0.1, 0.15) is 5.78 Å². The minimum absolute atomic E-state index is 0.0603. The molecule has 0 aliphatic heterocycles. The monoisotopic (exact) mass is 202 g/mol. The number of carbonyl (C=O) groups excluding carboxylic acids is 1. The number of rotatable bonds is 1. The summed E-state index contributed by atoms with van der Waals surface area (Å²) >= 11 is 0. The van der Waals surface area contributed by atoms with E-state index in [-0.39, 0.29) is 11.3 Å². The molecule has 0 aromatic heterocycles. The van der Waals surface area contributed by atoms with Crippen LogP contribution in [0.15, 0.2) is 24.3 Å². The Balaban J connectivity index is 2.38. The molecule has 0 radical (unpaired) electrons. The van der Waals surface area contributed by atoms with Gasteiger partial charge in [-0.3, -0.25) is 4.79 Å². The molecule has 2 atom stereocenters. The summed E-state index contributed by atoms with van der Waals surface area (Å²) in [7, 11) is 0. The fourth-order valence-corrected chi connectivity index (χ4v) is 2.50. The standard InChI is InChI=1S/C14H18O/c1-10-4-6-12(7-5-10)14(3)9-8-13(15)11(14)2/h4-7,11H,8-9H2,1-3H3/t11-,14-/m0/s1. The average Bonchev–Trinajstić information content (AvgIpc) is 2.48. The summed E-state index contributed by atoms with van der Waals surface area (Å²) in [6, 6.07) is 8.61. The lowest BCUT2D eigenvalue weighted by atomic mass is 9.74. The van der Waals surface area contributed by atoms with Crippen LogP contribution in [-0.4, -0.2) is 5.78 Å². The number of hydrogen-bond acceptors (Lipinski definition) is 1. The molecule has 1 saturated carbocycles. The molecule has 1 fully saturated rings. The zero-order valence-electron chi connectivity index (χ0n) is 9.71. The number of hydrogen-bond donors (Lipinski definition) is 0. The van der Waals surface area contributed by atoms with Crippen molar-refractivity contribution in [3.8, 4) is 0 Å². The van der Waals surface area contributed by atoms with Gasteiger partial charge in [0.2, 0.25) is 0 Å². The minimum atomic E-state index is 0.0603. The van der Waals surface area contributed by atoms with Gasteiger partial charge in [0.05, 0.1) is 0 Å². The zero-order chi connectivity index (χ0) is 11.1. The number of ketones is 1. The van der Waals surface area contributed by atoms with Gasteiger partial charge in [-0.15, -0.1) is 0 Å². The van der Waals surface area contributed by atoms with Crippen molar-refractivity contribution in [2.45, 2.75) is 39.0 Å². The Morgan fingerprint density at radius 3 is 2.33 bits per heavy atom. The van der Waals surface area contributed by atoms with Crippen LogP contribution in [0, 0.1) is 12.8 Å². The van der Waals surface area contributed by atoms with E-state index >= 15 is 0 Å². The molecule has 2 rings (SSSR count). The van der Waals surface area contributed by atoms with Crippen LogP contribution in [-0.2, 0) is 10.2 Å². The lowest BCUT2D eigenvalue weighted by Gasteiger charge is -2.28. The molecule has 0 bridgehead atoms. The van der Waals surface area contributed by atoms with E-state index in [1.807, 2.05) is 0 Å². The fourth-order valence-electron chi connectivity index (χ4n) is 2.50. The first kappa shape index (κ1) is 10.4. The molecule has 0 spiro atoms. The molecule has 0 amide bonds. The lowest BCUT2D eigenvalue weighted by Crippen LogP contribution is -2.27. The molecular formula is C14H18O. The molecule has 0 unspecified atom stereocenters. The zero-order valence-corrected chi connectivity index (χ0v) is 9.71. The number of carbonyl (C=O) groups is 1. The van der Waals surface area contributed by atoms with Gasteiger partial charge < -0.3 is 0 Å². The molecule has 1 aromatic carbocycles. The largest absolute Gasteiger partial charge is 0.299 e. The predicted octanol–water partition coefficient (Wildman–Crippen LogP) is 3.25. The number of Topliss-reactive ketones (excluding diaryl/α,β-unsaturated/α-hetero) is 1. The topological polar surface area (TPSA) is 17.1 Å². The van der Waals surface area contributed by atoms with Gasteiger partial charge in [-0.05, 0) is 18.9 Å². The fraction of sp³-hybridized carbons (Fsp3) is 0.500. The molecule has 1 aliphatic carbocycles. The SMILES string of the molecule is Cc1ccc([C@@]2(C)CCC(=O)[C@@H]2C)cc1. The molecule has 15 heavy (non-hydrogen) atoms. The van der Waals surface area contributed by atoms with Crippen molar-refractivity contribution in [1.29, 1.82) is 0 Å². The molecule has 80 valence electrons. The third-order valence-electron chi connectivity index (χ3n) is 4.04. The first-order valence-corrected chi connectivity index (χ1v) is 5.64. The average molecular weight is 202 g/mol. The van der Waals surface area contributed by atoms with Gasteiger partial charge in [0, 0.05) is 17.8 Å². The maximum absolute atomic E-state index is 11.6. The first-order valence-electron chi connectivity index (χ1n) is 5.64. The Bertz CT molecular complexity index is 377. The maximum atomic E-state index is 11.6. The van der Waals surface area contributed by atoms with Crippen LogP contribution < -0.4 is 0 Å². The van der Waals surface area contributed by atoms with Gasteiger partial charge in [0.15, 0.2) is 0 Å². The van der Waals surface area contributed by atoms with Crippen molar-refractivity contribution >= 4 is 5.78 Å². The second kappa shape index (κ2) is 3.48. The highest BCUT2D eigenvalue weighted by Gasteiger charge is 2.42. The molecule has 0 saturated heterocycles. The summed E-state index contributed by atoms with van der Waals surface area (Å²) in [5.74, 6) is 0.582. The molecule has 0 N–H and O–H groups in total. The van der Waals surface area contributed by atoms with Gasteiger partial charge in [0.25, 0.3) is 0 Å². The lowest BCUT2D eigenvalue weighted by molar-refractivity contribution is -0.120. The van der Waals surface area contributed by atoms with Crippen molar-refractivity contribution in [3.05, 3.63) is 35.4 Å². The van der Waals surface area contributed by atoms with Gasteiger partial charge in [-0.25, -0.2) is 0 Å². The molecule has 1 aromatic rings. The molecule has 1 aliphatic rings. The third-order valence-corrected chi connectivity index (χ3v) is 4.04.